The van der Waals surface area contributed by atoms with Crippen molar-refractivity contribution in [2.75, 3.05) is 0 Å². The molecule has 2 rings (SSSR count). The van der Waals surface area contributed by atoms with Crippen LogP contribution >= 0.6 is 11.6 Å². The fourth-order valence-electron chi connectivity index (χ4n) is 2.07. The van der Waals surface area contributed by atoms with E-state index in [9.17, 15) is 4.39 Å². The molecule has 0 saturated heterocycles. The van der Waals surface area contributed by atoms with Gasteiger partial charge in [-0.15, -0.1) is 0 Å². The second kappa shape index (κ2) is 5.40. The lowest BCUT2D eigenvalue weighted by molar-refractivity contribution is 0.0754. The third kappa shape index (κ3) is 2.63. The van der Waals surface area contributed by atoms with Gasteiger partial charge in [-0.05, 0) is 32.4 Å². The maximum Gasteiger partial charge on any atom is 0.237 e. The number of alkyl halides is 1. The number of hydrogen-bond donors (Lipinski definition) is 0. The Hall–Kier alpha value is -1.62. The average molecular weight is 298 g/mol. The molecule has 2 aromatic heterocycles. The maximum atomic E-state index is 13.1. The van der Waals surface area contributed by atoms with E-state index in [4.69, 9.17) is 16.3 Å². The van der Waals surface area contributed by atoms with E-state index in [1.54, 1.807) is 7.05 Å². The Balaban J connectivity index is 2.57. The van der Waals surface area contributed by atoms with Gasteiger partial charge in [-0.3, -0.25) is 0 Å². The molecule has 2 heterocycles. The van der Waals surface area contributed by atoms with Gasteiger partial charge in [-0.1, -0.05) is 11.6 Å². The highest BCUT2D eigenvalue weighted by atomic mass is 35.5. The highest BCUT2D eigenvalue weighted by Gasteiger charge is 2.20. The van der Waals surface area contributed by atoms with Crippen molar-refractivity contribution in [2.24, 2.45) is 7.05 Å². The Labute approximate surface area is 122 Å². The first-order valence-corrected chi connectivity index (χ1v) is 6.67. The van der Waals surface area contributed by atoms with Crippen molar-refractivity contribution in [3.05, 3.63) is 27.9 Å². The average Bonchev–Trinajstić information content (AvgIpc) is 2.61. The van der Waals surface area contributed by atoms with Crippen LogP contribution in [0.3, 0.4) is 0 Å². The zero-order valence-corrected chi connectivity index (χ0v) is 12.9. The van der Waals surface area contributed by atoms with Gasteiger partial charge in [0.25, 0.3) is 0 Å². The number of aromatic nitrogens is 3. The van der Waals surface area contributed by atoms with Gasteiger partial charge in [-0.2, -0.15) is 5.10 Å². The summed E-state index contributed by atoms with van der Waals surface area (Å²) in [5.41, 5.74) is 3.83. The van der Waals surface area contributed by atoms with Crippen LogP contribution in [-0.2, 0) is 7.05 Å². The van der Waals surface area contributed by atoms with Crippen molar-refractivity contribution in [1.82, 2.24) is 14.8 Å². The molecule has 0 bridgehead atoms. The first-order chi connectivity index (χ1) is 9.31. The molecule has 0 aliphatic carbocycles. The number of nitrogens with zero attached hydrogens (tertiary/aromatic N) is 3. The monoisotopic (exact) mass is 297 g/mol. The van der Waals surface area contributed by atoms with E-state index in [0.717, 1.165) is 22.5 Å². The maximum absolute atomic E-state index is 13.1. The molecule has 0 fully saturated rings. The molecule has 0 radical (unpaired) electrons. The van der Waals surface area contributed by atoms with Gasteiger partial charge < -0.3 is 4.74 Å². The van der Waals surface area contributed by atoms with E-state index in [0.29, 0.717) is 16.6 Å². The molecule has 0 spiro atoms. The van der Waals surface area contributed by atoms with Crippen molar-refractivity contribution in [1.29, 1.82) is 0 Å². The third-order valence-corrected chi connectivity index (χ3v) is 3.44. The first-order valence-electron chi connectivity index (χ1n) is 6.29. The van der Waals surface area contributed by atoms with Crippen LogP contribution in [0.1, 0.15) is 23.7 Å². The fraction of sp³-hybridized carbons (Fsp3) is 0.429. The van der Waals surface area contributed by atoms with E-state index < -0.39 is 6.36 Å². The summed E-state index contributed by atoms with van der Waals surface area (Å²) in [6.07, 6.45) is -1.39. The molecular formula is C14H17ClFN3O. The summed E-state index contributed by atoms with van der Waals surface area (Å²) in [5.74, 6) is 0.406. The molecule has 20 heavy (non-hydrogen) atoms. The Bertz CT molecular complexity index is 652. The molecule has 4 nitrogen and oxygen atoms in total. The van der Waals surface area contributed by atoms with E-state index >= 15 is 0 Å². The standard InChI is InChI=1S/C14H17ClFN3O/c1-7-6-11(15)9(3)17-12(7)13-8(2)14(19(5)18-13)20-10(4)16/h6,10H,1-5H3. The van der Waals surface area contributed by atoms with E-state index in [-0.39, 0.29) is 0 Å². The minimum absolute atomic E-state index is 0.406. The van der Waals surface area contributed by atoms with Gasteiger partial charge in [0.1, 0.15) is 5.69 Å². The lowest BCUT2D eigenvalue weighted by Crippen LogP contribution is -2.08. The molecule has 1 atom stereocenters. The second-order valence-electron chi connectivity index (χ2n) is 4.78. The van der Waals surface area contributed by atoms with Crippen molar-refractivity contribution in [2.45, 2.75) is 34.1 Å². The molecule has 0 aromatic carbocycles. The quantitative estimate of drug-likeness (QED) is 0.866. The van der Waals surface area contributed by atoms with Crippen LogP contribution in [0.4, 0.5) is 4.39 Å². The number of pyridine rings is 1. The molecule has 0 amide bonds. The van der Waals surface area contributed by atoms with Crippen LogP contribution in [0.25, 0.3) is 11.4 Å². The Morgan fingerprint density at radius 3 is 2.55 bits per heavy atom. The lowest BCUT2D eigenvalue weighted by Gasteiger charge is -2.08. The van der Waals surface area contributed by atoms with Gasteiger partial charge >= 0.3 is 0 Å². The van der Waals surface area contributed by atoms with Crippen molar-refractivity contribution in [3.8, 4) is 17.3 Å². The largest absolute Gasteiger partial charge is 0.444 e. The van der Waals surface area contributed by atoms with Gasteiger partial charge in [0.05, 0.1) is 16.4 Å². The summed E-state index contributed by atoms with van der Waals surface area (Å²) in [7, 11) is 1.71. The molecule has 0 N–H and O–H groups in total. The minimum atomic E-state index is -1.39. The summed E-state index contributed by atoms with van der Waals surface area (Å²) in [6, 6.07) is 1.85. The predicted molar refractivity (Wildman–Crippen MR) is 76.9 cm³/mol. The Kier molecular flexibility index (Phi) is 3.99. The number of hydrogen-bond acceptors (Lipinski definition) is 3. The number of rotatable bonds is 3. The van der Waals surface area contributed by atoms with Crippen LogP contribution < -0.4 is 4.74 Å². The van der Waals surface area contributed by atoms with E-state index in [2.05, 4.69) is 10.1 Å². The minimum Gasteiger partial charge on any atom is -0.444 e. The Morgan fingerprint density at radius 2 is 1.95 bits per heavy atom. The first kappa shape index (κ1) is 14.8. The van der Waals surface area contributed by atoms with Crippen molar-refractivity contribution >= 4 is 11.6 Å². The van der Waals surface area contributed by atoms with Gasteiger partial charge in [0.15, 0.2) is 0 Å². The third-order valence-electron chi connectivity index (χ3n) is 3.06. The van der Waals surface area contributed by atoms with E-state index in [1.165, 1.54) is 11.6 Å². The molecule has 0 saturated carbocycles. The van der Waals surface area contributed by atoms with Crippen LogP contribution in [0.15, 0.2) is 6.07 Å². The Morgan fingerprint density at radius 1 is 1.30 bits per heavy atom. The number of aryl methyl sites for hydroxylation is 3. The molecule has 2 aromatic rings. The van der Waals surface area contributed by atoms with Crippen LogP contribution in [0.2, 0.25) is 5.02 Å². The summed E-state index contributed by atoms with van der Waals surface area (Å²) < 4.78 is 19.7. The summed E-state index contributed by atoms with van der Waals surface area (Å²) >= 11 is 6.06. The summed E-state index contributed by atoms with van der Waals surface area (Å²) in [4.78, 5) is 4.48. The number of ether oxygens (including phenoxy) is 1. The van der Waals surface area contributed by atoms with Crippen molar-refractivity contribution in [3.63, 3.8) is 0 Å². The zero-order valence-electron chi connectivity index (χ0n) is 12.2. The number of halogens is 2. The van der Waals surface area contributed by atoms with Gasteiger partial charge in [0, 0.05) is 19.5 Å². The molecule has 1 unspecified atom stereocenters. The highest BCUT2D eigenvalue weighted by molar-refractivity contribution is 6.31. The predicted octanol–water partition coefficient (Wildman–Crippen LogP) is 3.76. The summed E-state index contributed by atoms with van der Waals surface area (Å²) in [5, 5.41) is 5.00. The van der Waals surface area contributed by atoms with Gasteiger partial charge in [0.2, 0.25) is 12.2 Å². The van der Waals surface area contributed by atoms with Crippen LogP contribution in [0.5, 0.6) is 5.88 Å². The zero-order chi connectivity index (χ0) is 15.0. The van der Waals surface area contributed by atoms with Crippen LogP contribution in [0, 0.1) is 20.8 Å². The highest BCUT2D eigenvalue weighted by Crippen LogP contribution is 2.32. The van der Waals surface area contributed by atoms with Crippen molar-refractivity contribution < 1.29 is 9.13 Å². The molecule has 108 valence electrons. The normalized spacial score (nSPS) is 12.6. The molecule has 0 aliphatic rings. The SMILES string of the molecule is Cc1cc(Cl)c(C)nc1-c1nn(C)c(OC(C)F)c1C. The fourth-order valence-corrected chi connectivity index (χ4v) is 2.28. The lowest BCUT2D eigenvalue weighted by atomic mass is 10.1. The van der Waals surface area contributed by atoms with E-state index in [1.807, 2.05) is 26.8 Å². The van der Waals surface area contributed by atoms with Gasteiger partial charge in [-0.25, -0.2) is 14.1 Å². The topological polar surface area (TPSA) is 39.9 Å². The molecule has 6 heteroatoms. The smallest absolute Gasteiger partial charge is 0.237 e. The molecule has 0 aliphatic heterocycles. The second-order valence-corrected chi connectivity index (χ2v) is 5.19. The molecular weight excluding hydrogens is 281 g/mol. The summed E-state index contributed by atoms with van der Waals surface area (Å²) in [6.45, 7) is 6.93. The van der Waals surface area contributed by atoms with Crippen LogP contribution in [-0.4, -0.2) is 21.1 Å².